The van der Waals surface area contributed by atoms with Crippen molar-refractivity contribution in [3.8, 4) is 16.3 Å². The summed E-state index contributed by atoms with van der Waals surface area (Å²) in [6, 6.07) is 14.0. The molecule has 140 valence electrons. The van der Waals surface area contributed by atoms with E-state index in [0.29, 0.717) is 13.0 Å². The smallest absolute Gasteiger partial charge is 0.231 e. The van der Waals surface area contributed by atoms with Gasteiger partial charge in [0.2, 0.25) is 5.91 Å². The van der Waals surface area contributed by atoms with Crippen LogP contribution in [-0.4, -0.2) is 32.0 Å². The number of amides is 1. The first-order valence-corrected chi connectivity index (χ1v) is 10.3. The van der Waals surface area contributed by atoms with Gasteiger partial charge in [-0.3, -0.25) is 4.79 Å². The maximum absolute atomic E-state index is 12.9. The van der Waals surface area contributed by atoms with Gasteiger partial charge < -0.3 is 4.90 Å². The molecule has 0 spiro atoms. The van der Waals surface area contributed by atoms with E-state index in [1.54, 1.807) is 23.3 Å². The molecule has 2 heterocycles. The lowest BCUT2D eigenvalue weighted by molar-refractivity contribution is -0.135. The molecule has 7 heteroatoms. The van der Waals surface area contributed by atoms with E-state index in [4.69, 9.17) is 28.3 Å². The third kappa shape index (κ3) is 3.28. The predicted octanol–water partition coefficient (Wildman–Crippen LogP) is 5.14. The average Bonchev–Trinajstić information content (AvgIpc) is 3.10. The van der Waals surface area contributed by atoms with Crippen LogP contribution in [0.15, 0.2) is 54.0 Å². The second-order valence-electron chi connectivity index (χ2n) is 7.13. The zero-order valence-corrected chi connectivity index (χ0v) is 17.4. The van der Waals surface area contributed by atoms with Gasteiger partial charge in [-0.1, -0.05) is 24.3 Å². The van der Waals surface area contributed by atoms with Gasteiger partial charge in [0.25, 0.3) is 0 Å². The lowest BCUT2D eigenvalue weighted by Crippen LogP contribution is -2.34. The second kappa shape index (κ2) is 6.66. The molecule has 1 aliphatic carbocycles. The maximum atomic E-state index is 12.9. The summed E-state index contributed by atoms with van der Waals surface area (Å²) >= 11 is 14.0. The number of para-hydroxylation sites is 1. The van der Waals surface area contributed by atoms with Crippen molar-refractivity contribution in [2.24, 2.45) is 5.41 Å². The molecule has 1 unspecified atom stereocenters. The molecule has 0 saturated heterocycles. The van der Waals surface area contributed by atoms with E-state index in [-0.39, 0.29) is 5.91 Å². The highest BCUT2D eigenvalue weighted by molar-refractivity contribution is 7.13. The van der Waals surface area contributed by atoms with Crippen LogP contribution in [0, 0.1) is 5.41 Å². The molecule has 1 saturated carbocycles. The Bertz CT molecular complexity index is 969. The number of halogens is 2. The Balaban J connectivity index is 1.65. The molecule has 2 aromatic heterocycles. The van der Waals surface area contributed by atoms with Crippen molar-refractivity contribution in [3.63, 3.8) is 0 Å². The molecule has 0 bridgehead atoms. The van der Waals surface area contributed by atoms with Crippen molar-refractivity contribution in [1.82, 2.24) is 14.7 Å². The third-order valence-electron chi connectivity index (χ3n) is 5.05. The fourth-order valence-corrected chi connectivity index (χ4v) is 4.68. The molecule has 1 fully saturated rings. The van der Waals surface area contributed by atoms with Crippen LogP contribution in [0.4, 0.5) is 0 Å². The molecule has 27 heavy (non-hydrogen) atoms. The molecule has 0 aliphatic heterocycles. The molecular formula is C20H19Cl2N3OS. The largest absolute Gasteiger partial charge is 0.341 e. The minimum absolute atomic E-state index is 0.0444. The van der Waals surface area contributed by atoms with Gasteiger partial charge >= 0.3 is 0 Å². The summed E-state index contributed by atoms with van der Waals surface area (Å²) in [5, 5.41) is 6.80. The fourth-order valence-electron chi connectivity index (χ4n) is 3.24. The molecular weight excluding hydrogens is 401 g/mol. The summed E-state index contributed by atoms with van der Waals surface area (Å²) in [6.07, 6.45) is 2.46. The Kier molecular flexibility index (Phi) is 4.57. The van der Waals surface area contributed by atoms with Crippen LogP contribution < -0.4 is 0 Å². The van der Waals surface area contributed by atoms with E-state index in [1.165, 1.54) is 0 Å². The van der Waals surface area contributed by atoms with Gasteiger partial charge in [-0.05, 0) is 36.9 Å². The van der Waals surface area contributed by atoms with Gasteiger partial charge in [-0.2, -0.15) is 5.10 Å². The number of hydrogen-bond donors (Lipinski definition) is 0. The molecule has 4 rings (SSSR count). The van der Waals surface area contributed by atoms with Crippen LogP contribution in [0.5, 0.6) is 0 Å². The molecule has 4 nitrogen and oxygen atoms in total. The molecule has 3 aromatic rings. The summed E-state index contributed by atoms with van der Waals surface area (Å²) < 4.78 is 0.887. The summed E-state index contributed by atoms with van der Waals surface area (Å²) in [5.41, 5.74) is 2.13. The Morgan fingerprint density at radius 2 is 1.96 bits per heavy atom. The first kappa shape index (κ1) is 18.5. The fraction of sp³-hybridized carbons (Fsp3) is 0.300. The highest BCUT2D eigenvalue weighted by atomic mass is 35.5. The zero-order chi connectivity index (χ0) is 19.2. The van der Waals surface area contributed by atoms with E-state index < -0.39 is 9.75 Å². The van der Waals surface area contributed by atoms with Gasteiger partial charge in [0, 0.05) is 25.4 Å². The van der Waals surface area contributed by atoms with Gasteiger partial charge in [0.15, 0.2) is 0 Å². The van der Waals surface area contributed by atoms with Crippen LogP contribution in [0.3, 0.4) is 0 Å². The molecule has 1 aliphatic rings. The highest BCUT2D eigenvalue weighted by Gasteiger charge is 2.68. The van der Waals surface area contributed by atoms with Crippen molar-refractivity contribution < 1.29 is 4.79 Å². The Labute approximate surface area is 172 Å². The van der Waals surface area contributed by atoms with E-state index in [1.807, 2.05) is 65.6 Å². The first-order valence-electron chi connectivity index (χ1n) is 8.63. The summed E-state index contributed by atoms with van der Waals surface area (Å²) in [6.45, 7) is 2.26. The third-order valence-corrected chi connectivity index (χ3v) is 7.03. The average molecular weight is 420 g/mol. The molecule has 1 amide bonds. The number of carbonyl (C=O) groups excluding carboxylic acids is 1. The van der Waals surface area contributed by atoms with Gasteiger partial charge in [0.05, 0.1) is 16.0 Å². The molecule has 0 N–H and O–H groups in total. The lowest BCUT2D eigenvalue weighted by Gasteiger charge is -2.22. The second-order valence-corrected chi connectivity index (χ2v) is 9.57. The number of benzene rings is 1. The number of carbonyl (C=O) groups is 1. The quantitative estimate of drug-likeness (QED) is 0.536. The van der Waals surface area contributed by atoms with Crippen molar-refractivity contribution in [2.75, 3.05) is 7.05 Å². The lowest BCUT2D eigenvalue weighted by atomic mass is 10.1. The molecule has 1 atom stereocenters. The van der Waals surface area contributed by atoms with Crippen LogP contribution >= 0.6 is 34.5 Å². The van der Waals surface area contributed by atoms with Crippen LogP contribution in [-0.2, 0) is 11.3 Å². The minimum Gasteiger partial charge on any atom is -0.341 e. The van der Waals surface area contributed by atoms with Gasteiger partial charge in [-0.25, -0.2) is 4.68 Å². The number of rotatable bonds is 5. The summed E-state index contributed by atoms with van der Waals surface area (Å²) in [5.74, 6) is -0.0444. The molecule has 0 radical (unpaired) electrons. The molecule has 1 aromatic carbocycles. The van der Waals surface area contributed by atoms with Gasteiger partial charge in [0.1, 0.15) is 10.0 Å². The Morgan fingerprint density at radius 1 is 1.26 bits per heavy atom. The van der Waals surface area contributed by atoms with Crippen molar-refractivity contribution in [3.05, 3.63) is 59.6 Å². The predicted molar refractivity (Wildman–Crippen MR) is 111 cm³/mol. The van der Waals surface area contributed by atoms with Crippen LogP contribution in [0.2, 0.25) is 0 Å². The van der Waals surface area contributed by atoms with E-state index in [9.17, 15) is 4.79 Å². The van der Waals surface area contributed by atoms with E-state index >= 15 is 0 Å². The number of alkyl halides is 2. The maximum Gasteiger partial charge on any atom is 0.231 e. The minimum atomic E-state index is -0.969. The number of aromatic nitrogens is 2. The monoisotopic (exact) mass is 419 g/mol. The van der Waals surface area contributed by atoms with Crippen LogP contribution in [0.25, 0.3) is 16.3 Å². The normalized spacial score (nSPS) is 20.4. The van der Waals surface area contributed by atoms with Crippen molar-refractivity contribution >= 4 is 40.4 Å². The number of hydrogen-bond acceptors (Lipinski definition) is 3. The summed E-state index contributed by atoms with van der Waals surface area (Å²) in [7, 11) is 1.79. The van der Waals surface area contributed by atoms with Crippen LogP contribution in [0.1, 0.15) is 18.9 Å². The highest BCUT2D eigenvalue weighted by Crippen LogP contribution is 2.64. The Hall–Kier alpha value is -1.82. The van der Waals surface area contributed by atoms with Gasteiger partial charge in [-0.15, -0.1) is 34.5 Å². The van der Waals surface area contributed by atoms with Crippen molar-refractivity contribution in [2.45, 2.75) is 24.2 Å². The SMILES string of the molecule is CN(Cc1cn(-c2ccccc2)nc1-c1cccs1)C(=O)C1(C)CC1(Cl)Cl. The standard InChI is InChI=1S/C20H19Cl2N3OS/c1-19(13-20(19,21)22)18(26)24(2)11-14-12-25(15-7-4-3-5-8-15)23-17(14)16-9-6-10-27-16/h3-10,12H,11,13H2,1-2H3. The van der Waals surface area contributed by atoms with E-state index in [0.717, 1.165) is 21.8 Å². The zero-order valence-electron chi connectivity index (χ0n) is 15.0. The topological polar surface area (TPSA) is 38.1 Å². The number of nitrogens with zero attached hydrogens (tertiary/aromatic N) is 3. The van der Waals surface area contributed by atoms with Crippen molar-refractivity contribution in [1.29, 1.82) is 0 Å². The first-order chi connectivity index (χ1) is 12.8. The van der Waals surface area contributed by atoms with E-state index in [2.05, 4.69) is 0 Å². The summed E-state index contributed by atoms with van der Waals surface area (Å²) in [4.78, 5) is 15.6. The Morgan fingerprint density at radius 3 is 2.56 bits per heavy atom. The number of thiophene rings is 1.